The Labute approximate surface area is 142 Å². The number of nitrogens with two attached hydrogens (primary N) is 1. The Kier molecular flexibility index (Phi) is 5.98. The summed E-state index contributed by atoms with van der Waals surface area (Å²) < 4.78 is 4.13. The van der Waals surface area contributed by atoms with Crippen LogP contribution in [0.25, 0.3) is 0 Å². The van der Waals surface area contributed by atoms with Crippen molar-refractivity contribution < 1.29 is 0 Å². The SMILES string of the molecule is CCc1nn(C)c(CC(Cc2cccc(Br)c2)NN)c1Br. The van der Waals surface area contributed by atoms with Gasteiger partial charge in [0.2, 0.25) is 0 Å². The normalized spacial score (nSPS) is 12.6. The van der Waals surface area contributed by atoms with E-state index in [0.29, 0.717) is 0 Å². The molecule has 2 rings (SSSR count). The first-order chi connectivity index (χ1) is 10.0. The van der Waals surface area contributed by atoms with E-state index in [9.17, 15) is 0 Å². The lowest BCUT2D eigenvalue weighted by atomic mass is 10.0. The summed E-state index contributed by atoms with van der Waals surface area (Å²) in [6.07, 6.45) is 2.61. The van der Waals surface area contributed by atoms with Crippen LogP contribution in [-0.2, 0) is 26.3 Å². The smallest absolute Gasteiger partial charge is 0.0766 e. The maximum Gasteiger partial charge on any atom is 0.0766 e. The number of hydrogen-bond acceptors (Lipinski definition) is 3. The fraction of sp³-hybridized carbons (Fsp3) is 0.400. The van der Waals surface area contributed by atoms with E-state index in [0.717, 1.165) is 33.9 Å². The molecular weight excluding hydrogens is 396 g/mol. The lowest BCUT2D eigenvalue weighted by Gasteiger charge is -2.16. The summed E-state index contributed by atoms with van der Waals surface area (Å²) in [7, 11) is 1.98. The molecule has 6 heteroatoms. The van der Waals surface area contributed by atoms with Crippen LogP contribution >= 0.6 is 31.9 Å². The summed E-state index contributed by atoms with van der Waals surface area (Å²) in [6, 6.07) is 8.47. The highest BCUT2D eigenvalue weighted by Crippen LogP contribution is 2.23. The van der Waals surface area contributed by atoms with E-state index in [4.69, 9.17) is 5.84 Å². The molecule has 4 nitrogen and oxygen atoms in total. The van der Waals surface area contributed by atoms with E-state index in [2.05, 4.69) is 61.4 Å². The summed E-state index contributed by atoms with van der Waals surface area (Å²) in [6.45, 7) is 2.11. The van der Waals surface area contributed by atoms with Crippen LogP contribution in [0.1, 0.15) is 23.9 Å². The van der Waals surface area contributed by atoms with Crippen LogP contribution in [0.2, 0.25) is 0 Å². The standard InChI is InChI=1S/C15H20Br2N4/c1-3-13-15(17)14(21(2)20-13)9-12(19-18)8-10-5-4-6-11(16)7-10/h4-7,12,19H,3,8-9,18H2,1-2H3. The predicted molar refractivity (Wildman–Crippen MR) is 92.9 cm³/mol. The molecule has 1 heterocycles. The third kappa shape index (κ3) is 4.16. The molecule has 3 N–H and O–H groups in total. The van der Waals surface area contributed by atoms with Gasteiger partial charge in [0, 0.05) is 24.0 Å². The minimum atomic E-state index is 0.163. The number of rotatable bonds is 6. The molecule has 2 aromatic rings. The summed E-state index contributed by atoms with van der Waals surface area (Å²) in [5.41, 5.74) is 6.43. The summed E-state index contributed by atoms with van der Waals surface area (Å²) in [5.74, 6) is 5.74. The molecule has 1 aromatic carbocycles. The number of aryl methyl sites for hydroxylation is 2. The van der Waals surface area contributed by atoms with E-state index >= 15 is 0 Å². The van der Waals surface area contributed by atoms with Gasteiger partial charge in [0.15, 0.2) is 0 Å². The molecule has 0 saturated carbocycles. The Morgan fingerprint density at radius 1 is 1.33 bits per heavy atom. The largest absolute Gasteiger partial charge is 0.271 e. The van der Waals surface area contributed by atoms with Crippen molar-refractivity contribution in [2.75, 3.05) is 0 Å². The second kappa shape index (κ2) is 7.54. The van der Waals surface area contributed by atoms with Gasteiger partial charge in [-0.3, -0.25) is 16.0 Å². The van der Waals surface area contributed by atoms with Gasteiger partial charge in [-0.1, -0.05) is 35.0 Å². The Morgan fingerprint density at radius 3 is 2.67 bits per heavy atom. The molecule has 0 aliphatic carbocycles. The minimum Gasteiger partial charge on any atom is -0.271 e. The molecule has 0 spiro atoms. The first kappa shape index (κ1) is 16.7. The summed E-state index contributed by atoms with van der Waals surface area (Å²) >= 11 is 7.16. The number of hydrazine groups is 1. The van der Waals surface area contributed by atoms with Gasteiger partial charge in [-0.25, -0.2) is 0 Å². The molecule has 0 saturated heterocycles. The van der Waals surface area contributed by atoms with Gasteiger partial charge in [0.1, 0.15) is 0 Å². The highest BCUT2D eigenvalue weighted by atomic mass is 79.9. The van der Waals surface area contributed by atoms with E-state index in [1.807, 2.05) is 23.9 Å². The molecule has 1 atom stereocenters. The van der Waals surface area contributed by atoms with Crippen molar-refractivity contribution in [2.45, 2.75) is 32.2 Å². The number of nitrogens with zero attached hydrogens (tertiary/aromatic N) is 2. The van der Waals surface area contributed by atoms with Crippen LogP contribution < -0.4 is 11.3 Å². The number of benzene rings is 1. The zero-order valence-corrected chi connectivity index (χ0v) is 15.4. The Balaban J connectivity index is 2.14. The lowest BCUT2D eigenvalue weighted by Crippen LogP contribution is -2.39. The third-order valence-corrected chi connectivity index (χ3v) is 4.96. The van der Waals surface area contributed by atoms with Crippen LogP contribution in [0.5, 0.6) is 0 Å². The van der Waals surface area contributed by atoms with Gasteiger partial charge in [-0.05, 0) is 46.5 Å². The first-order valence-corrected chi connectivity index (χ1v) is 8.54. The molecule has 0 aliphatic rings. The number of aromatic nitrogens is 2. The van der Waals surface area contributed by atoms with E-state index in [1.165, 1.54) is 11.3 Å². The molecular formula is C15H20Br2N4. The fourth-order valence-corrected chi connectivity index (χ4v) is 3.64. The zero-order valence-electron chi connectivity index (χ0n) is 12.2. The number of halogens is 2. The fourth-order valence-electron chi connectivity index (χ4n) is 2.41. The zero-order chi connectivity index (χ0) is 15.4. The number of nitrogens with one attached hydrogen (secondary N) is 1. The van der Waals surface area contributed by atoms with Gasteiger partial charge in [0.25, 0.3) is 0 Å². The van der Waals surface area contributed by atoms with Crippen LogP contribution in [0.15, 0.2) is 33.2 Å². The molecule has 1 unspecified atom stereocenters. The van der Waals surface area contributed by atoms with Crippen LogP contribution in [0.3, 0.4) is 0 Å². The van der Waals surface area contributed by atoms with Crippen LogP contribution in [-0.4, -0.2) is 15.8 Å². The van der Waals surface area contributed by atoms with Gasteiger partial charge in [-0.2, -0.15) is 5.10 Å². The quantitative estimate of drug-likeness (QED) is 0.562. The van der Waals surface area contributed by atoms with Crippen molar-refractivity contribution in [3.05, 3.63) is 50.2 Å². The molecule has 0 radical (unpaired) electrons. The second-order valence-electron chi connectivity index (χ2n) is 5.09. The molecule has 0 aliphatic heterocycles. The minimum absolute atomic E-state index is 0.163. The first-order valence-electron chi connectivity index (χ1n) is 6.96. The Bertz CT molecular complexity index is 610. The van der Waals surface area contributed by atoms with Crippen molar-refractivity contribution in [1.29, 1.82) is 0 Å². The third-order valence-electron chi connectivity index (χ3n) is 3.55. The van der Waals surface area contributed by atoms with Gasteiger partial charge in [0.05, 0.1) is 15.9 Å². The van der Waals surface area contributed by atoms with Crippen molar-refractivity contribution >= 4 is 31.9 Å². The Hall–Kier alpha value is -0.690. The molecule has 0 fully saturated rings. The molecule has 114 valence electrons. The van der Waals surface area contributed by atoms with Crippen molar-refractivity contribution in [3.63, 3.8) is 0 Å². The van der Waals surface area contributed by atoms with Crippen LogP contribution in [0.4, 0.5) is 0 Å². The van der Waals surface area contributed by atoms with Gasteiger partial charge >= 0.3 is 0 Å². The monoisotopic (exact) mass is 414 g/mol. The van der Waals surface area contributed by atoms with Crippen molar-refractivity contribution in [1.82, 2.24) is 15.2 Å². The predicted octanol–water partition coefficient (Wildman–Crippen LogP) is 3.12. The topological polar surface area (TPSA) is 55.9 Å². The maximum absolute atomic E-state index is 5.74. The van der Waals surface area contributed by atoms with Gasteiger partial charge in [-0.15, -0.1) is 0 Å². The average molecular weight is 416 g/mol. The summed E-state index contributed by atoms with van der Waals surface area (Å²) in [4.78, 5) is 0. The number of hydrogen-bond donors (Lipinski definition) is 2. The second-order valence-corrected chi connectivity index (χ2v) is 6.79. The van der Waals surface area contributed by atoms with Gasteiger partial charge < -0.3 is 0 Å². The molecule has 0 amide bonds. The van der Waals surface area contributed by atoms with Crippen molar-refractivity contribution in [2.24, 2.45) is 12.9 Å². The summed E-state index contributed by atoms with van der Waals surface area (Å²) in [5, 5.41) is 4.53. The average Bonchev–Trinajstić information content (AvgIpc) is 2.73. The molecule has 21 heavy (non-hydrogen) atoms. The highest BCUT2D eigenvalue weighted by molar-refractivity contribution is 9.10. The lowest BCUT2D eigenvalue weighted by molar-refractivity contribution is 0.504. The van der Waals surface area contributed by atoms with E-state index in [1.54, 1.807) is 0 Å². The molecule has 1 aromatic heterocycles. The van der Waals surface area contributed by atoms with Crippen LogP contribution in [0, 0.1) is 0 Å². The maximum atomic E-state index is 5.74. The highest BCUT2D eigenvalue weighted by Gasteiger charge is 2.17. The van der Waals surface area contributed by atoms with Crippen molar-refractivity contribution in [3.8, 4) is 0 Å². The Morgan fingerprint density at radius 2 is 2.10 bits per heavy atom. The molecule has 0 bridgehead atoms. The van der Waals surface area contributed by atoms with E-state index < -0.39 is 0 Å². The van der Waals surface area contributed by atoms with E-state index in [-0.39, 0.29) is 6.04 Å².